The van der Waals surface area contributed by atoms with E-state index in [0.29, 0.717) is 23.0 Å². The number of ether oxygens (including phenoxy) is 2. The molecule has 1 amide bonds. The largest absolute Gasteiger partial charge is 0.493 e. The fraction of sp³-hybridized carbons (Fsp3) is 0.389. The van der Waals surface area contributed by atoms with Gasteiger partial charge in [0.25, 0.3) is 5.91 Å². The van der Waals surface area contributed by atoms with Crippen molar-refractivity contribution in [3.8, 4) is 11.5 Å². The minimum Gasteiger partial charge on any atom is -0.493 e. The van der Waals surface area contributed by atoms with Crippen LogP contribution in [0.25, 0.3) is 0 Å². The van der Waals surface area contributed by atoms with Gasteiger partial charge in [-0.2, -0.15) is 0 Å². The Labute approximate surface area is 140 Å². The van der Waals surface area contributed by atoms with Crippen LogP contribution in [0.1, 0.15) is 34.0 Å². The average Bonchev–Trinajstić information content (AvgIpc) is 3.15. The molecule has 4 nitrogen and oxygen atoms in total. The minimum absolute atomic E-state index is 0.0189. The first kappa shape index (κ1) is 15.9. The molecule has 5 heteroatoms. The number of hydrogen-bond acceptors (Lipinski definition) is 4. The molecule has 3 rings (SSSR count). The van der Waals surface area contributed by atoms with Crippen LogP contribution in [0.4, 0.5) is 0 Å². The highest BCUT2D eigenvalue weighted by Crippen LogP contribution is 2.34. The zero-order valence-electron chi connectivity index (χ0n) is 13.5. The summed E-state index contributed by atoms with van der Waals surface area (Å²) >= 11 is 1.81. The average molecular weight is 331 g/mol. The van der Waals surface area contributed by atoms with Gasteiger partial charge in [-0.05, 0) is 42.3 Å². The maximum atomic E-state index is 12.8. The number of hydrogen-bond donors (Lipinski definition) is 0. The summed E-state index contributed by atoms with van der Waals surface area (Å²) in [5.41, 5.74) is 0.571. The third-order valence-corrected chi connectivity index (χ3v) is 5.40. The topological polar surface area (TPSA) is 38.8 Å². The van der Waals surface area contributed by atoms with Gasteiger partial charge in [-0.15, -0.1) is 11.3 Å². The normalized spacial score (nSPS) is 15.5. The molecule has 0 atom stereocenters. The second-order valence-electron chi connectivity index (χ2n) is 5.62. The molecule has 1 aromatic carbocycles. The fourth-order valence-electron chi connectivity index (χ4n) is 3.12. The number of piperidine rings is 1. The SMILES string of the molecule is COc1cccc(C(=O)N2CCC(c3cccs3)CC2)c1OC. The van der Waals surface area contributed by atoms with Crippen LogP contribution in [0.5, 0.6) is 11.5 Å². The summed E-state index contributed by atoms with van der Waals surface area (Å²) in [7, 11) is 3.15. The van der Waals surface area contributed by atoms with Gasteiger partial charge in [0.2, 0.25) is 0 Å². The van der Waals surface area contributed by atoms with Gasteiger partial charge in [0.05, 0.1) is 19.8 Å². The van der Waals surface area contributed by atoms with E-state index in [4.69, 9.17) is 9.47 Å². The molecule has 1 aromatic heterocycles. The molecule has 0 aliphatic carbocycles. The lowest BCUT2D eigenvalue weighted by Crippen LogP contribution is -2.38. The fourth-order valence-corrected chi connectivity index (χ4v) is 4.02. The molecular weight excluding hydrogens is 310 g/mol. The van der Waals surface area contributed by atoms with E-state index in [1.807, 2.05) is 11.0 Å². The van der Waals surface area contributed by atoms with E-state index >= 15 is 0 Å². The van der Waals surface area contributed by atoms with Gasteiger partial charge in [-0.1, -0.05) is 12.1 Å². The van der Waals surface area contributed by atoms with E-state index in [1.54, 1.807) is 37.7 Å². The predicted octanol–water partition coefficient (Wildman–Crippen LogP) is 3.79. The molecule has 0 radical (unpaired) electrons. The van der Waals surface area contributed by atoms with Crippen molar-refractivity contribution in [1.29, 1.82) is 0 Å². The number of nitrogens with zero attached hydrogens (tertiary/aromatic N) is 1. The highest BCUT2D eigenvalue weighted by atomic mass is 32.1. The van der Waals surface area contributed by atoms with Gasteiger partial charge < -0.3 is 14.4 Å². The van der Waals surface area contributed by atoms with E-state index in [2.05, 4.69) is 17.5 Å². The van der Waals surface area contributed by atoms with Gasteiger partial charge in [0.1, 0.15) is 0 Å². The number of carbonyl (C=O) groups is 1. The van der Waals surface area contributed by atoms with E-state index in [-0.39, 0.29) is 5.91 Å². The number of likely N-dealkylation sites (tertiary alicyclic amines) is 1. The van der Waals surface area contributed by atoms with Gasteiger partial charge >= 0.3 is 0 Å². The second kappa shape index (κ2) is 7.04. The monoisotopic (exact) mass is 331 g/mol. The van der Waals surface area contributed by atoms with Crippen LogP contribution in [-0.2, 0) is 0 Å². The smallest absolute Gasteiger partial charge is 0.257 e. The Bertz CT molecular complexity index is 661. The van der Waals surface area contributed by atoms with Gasteiger partial charge in [0, 0.05) is 18.0 Å². The number of methoxy groups -OCH3 is 2. The molecule has 0 saturated carbocycles. The van der Waals surface area contributed by atoms with Crippen molar-refractivity contribution < 1.29 is 14.3 Å². The molecule has 1 aliphatic heterocycles. The summed E-state index contributed by atoms with van der Waals surface area (Å²) in [6.45, 7) is 1.56. The van der Waals surface area contributed by atoms with E-state index in [9.17, 15) is 4.79 Å². The van der Waals surface area contributed by atoms with Crippen LogP contribution in [-0.4, -0.2) is 38.1 Å². The van der Waals surface area contributed by atoms with Crippen LogP contribution in [0.3, 0.4) is 0 Å². The molecule has 23 heavy (non-hydrogen) atoms. The third kappa shape index (κ3) is 3.20. The molecule has 0 N–H and O–H groups in total. The summed E-state index contributed by atoms with van der Waals surface area (Å²) in [5.74, 6) is 1.70. The highest BCUT2D eigenvalue weighted by molar-refractivity contribution is 7.10. The Morgan fingerprint density at radius 2 is 1.91 bits per heavy atom. The first-order valence-corrected chi connectivity index (χ1v) is 8.66. The van der Waals surface area contributed by atoms with Gasteiger partial charge in [-0.25, -0.2) is 0 Å². The quantitative estimate of drug-likeness (QED) is 0.856. The molecule has 1 aliphatic rings. The van der Waals surface area contributed by atoms with E-state index < -0.39 is 0 Å². The van der Waals surface area contributed by atoms with E-state index in [1.165, 1.54) is 4.88 Å². The predicted molar refractivity (Wildman–Crippen MR) is 91.7 cm³/mol. The first-order valence-electron chi connectivity index (χ1n) is 7.78. The minimum atomic E-state index is 0.0189. The zero-order chi connectivity index (χ0) is 16.2. The summed E-state index contributed by atoms with van der Waals surface area (Å²) < 4.78 is 10.7. The molecule has 2 heterocycles. The number of carbonyl (C=O) groups excluding carboxylic acids is 1. The lowest BCUT2D eigenvalue weighted by Gasteiger charge is -2.32. The third-order valence-electron chi connectivity index (χ3n) is 4.36. The Morgan fingerprint density at radius 3 is 2.52 bits per heavy atom. The maximum Gasteiger partial charge on any atom is 0.257 e. The Balaban J connectivity index is 1.73. The lowest BCUT2D eigenvalue weighted by molar-refractivity contribution is 0.0709. The summed E-state index contributed by atoms with van der Waals surface area (Å²) in [5, 5.41) is 2.12. The Morgan fingerprint density at radius 1 is 1.13 bits per heavy atom. The molecule has 0 unspecified atom stereocenters. The number of para-hydroxylation sites is 1. The molecule has 1 fully saturated rings. The van der Waals surface area contributed by atoms with Crippen molar-refractivity contribution in [2.75, 3.05) is 27.3 Å². The Kier molecular flexibility index (Phi) is 4.86. The number of rotatable bonds is 4. The van der Waals surface area contributed by atoms with Gasteiger partial charge in [0.15, 0.2) is 11.5 Å². The van der Waals surface area contributed by atoms with Crippen LogP contribution >= 0.6 is 11.3 Å². The van der Waals surface area contributed by atoms with E-state index in [0.717, 1.165) is 25.9 Å². The van der Waals surface area contributed by atoms with Crippen LogP contribution in [0.15, 0.2) is 35.7 Å². The summed E-state index contributed by atoms with van der Waals surface area (Å²) in [6, 6.07) is 9.72. The summed E-state index contributed by atoms with van der Waals surface area (Å²) in [6.07, 6.45) is 2.02. The van der Waals surface area contributed by atoms with Crippen molar-refractivity contribution >= 4 is 17.2 Å². The second-order valence-corrected chi connectivity index (χ2v) is 6.60. The molecule has 122 valence electrons. The standard InChI is InChI=1S/C18H21NO3S/c1-21-15-6-3-5-14(17(15)22-2)18(20)19-10-8-13(9-11-19)16-7-4-12-23-16/h3-7,12-13H,8-11H2,1-2H3. The molecular formula is C18H21NO3S. The lowest BCUT2D eigenvalue weighted by atomic mass is 9.95. The van der Waals surface area contributed by atoms with Crippen LogP contribution in [0, 0.1) is 0 Å². The number of thiophene rings is 1. The number of benzene rings is 1. The van der Waals surface area contributed by atoms with Crippen molar-refractivity contribution in [2.24, 2.45) is 0 Å². The van der Waals surface area contributed by atoms with Crippen molar-refractivity contribution in [2.45, 2.75) is 18.8 Å². The first-order chi connectivity index (χ1) is 11.2. The van der Waals surface area contributed by atoms with Crippen molar-refractivity contribution in [1.82, 2.24) is 4.90 Å². The highest BCUT2D eigenvalue weighted by Gasteiger charge is 2.27. The molecule has 0 bridgehead atoms. The summed E-state index contributed by atoms with van der Waals surface area (Å²) in [4.78, 5) is 16.2. The molecule has 2 aromatic rings. The van der Waals surface area contributed by atoms with Gasteiger partial charge in [-0.3, -0.25) is 4.79 Å². The number of amides is 1. The molecule has 0 spiro atoms. The molecule has 1 saturated heterocycles. The Hall–Kier alpha value is -2.01. The van der Waals surface area contributed by atoms with Crippen molar-refractivity contribution in [3.63, 3.8) is 0 Å². The van der Waals surface area contributed by atoms with Crippen molar-refractivity contribution in [3.05, 3.63) is 46.2 Å². The van der Waals surface area contributed by atoms with Crippen LogP contribution < -0.4 is 9.47 Å². The maximum absolute atomic E-state index is 12.8. The zero-order valence-corrected chi connectivity index (χ0v) is 14.3. The van der Waals surface area contributed by atoms with Crippen LogP contribution in [0.2, 0.25) is 0 Å².